The molecule has 1 atom stereocenters. The summed E-state index contributed by atoms with van der Waals surface area (Å²) in [5, 5.41) is 3.44. The molecule has 0 radical (unpaired) electrons. The molecule has 1 amide bonds. The number of nitrogens with zero attached hydrogens (tertiary/aromatic N) is 4. The van der Waals surface area contributed by atoms with Gasteiger partial charge in [0.25, 0.3) is 0 Å². The van der Waals surface area contributed by atoms with Crippen LogP contribution in [0.3, 0.4) is 0 Å². The molecule has 0 unspecified atom stereocenters. The maximum absolute atomic E-state index is 12.3. The topological polar surface area (TPSA) is 61.4 Å². The van der Waals surface area contributed by atoms with Gasteiger partial charge in [0, 0.05) is 20.1 Å². The number of carbonyl (C=O) groups excluding carboxylic acids is 1. The van der Waals surface area contributed by atoms with Crippen molar-refractivity contribution in [3.8, 4) is 0 Å². The zero-order chi connectivity index (χ0) is 16.0. The van der Waals surface area contributed by atoms with Crippen LogP contribution in [-0.4, -0.2) is 42.1 Å². The van der Waals surface area contributed by atoms with Gasteiger partial charge in [-0.3, -0.25) is 4.79 Å². The van der Waals surface area contributed by atoms with E-state index in [9.17, 15) is 4.79 Å². The van der Waals surface area contributed by atoms with Crippen LogP contribution in [0.1, 0.15) is 38.8 Å². The number of hydrogen-bond acceptors (Lipinski definition) is 5. The molecule has 2 heterocycles. The van der Waals surface area contributed by atoms with E-state index in [0.717, 1.165) is 23.1 Å². The molecule has 1 aromatic rings. The van der Waals surface area contributed by atoms with Gasteiger partial charge in [0.1, 0.15) is 11.7 Å². The van der Waals surface area contributed by atoms with Crippen molar-refractivity contribution in [1.29, 1.82) is 0 Å². The van der Waals surface area contributed by atoms with Crippen LogP contribution in [0.15, 0.2) is 0 Å². The summed E-state index contributed by atoms with van der Waals surface area (Å²) in [5.41, 5.74) is 1.66. The predicted octanol–water partition coefficient (Wildman–Crippen LogP) is 2.19. The van der Waals surface area contributed by atoms with Gasteiger partial charge in [0.2, 0.25) is 11.9 Å². The Kier molecular flexibility index (Phi) is 3.70. The lowest BCUT2D eigenvalue weighted by Gasteiger charge is -2.38. The van der Waals surface area contributed by atoms with Crippen molar-refractivity contribution in [3.63, 3.8) is 0 Å². The van der Waals surface area contributed by atoms with Gasteiger partial charge >= 0.3 is 0 Å². The number of likely N-dealkylation sites (N-methyl/N-ethyl adjacent to an activating group) is 2. The third-order valence-electron chi connectivity index (χ3n) is 5.12. The third kappa shape index (κ3) is 2.30. The first-order valence-electron chi connectivity index (χ1n) is 8.08. The lowest BCUT2D eigenvalue weighted by atomic mass is 9.79. The summed E-state index contributed by atoms with van der Waals surface area (Å²) in [7, 11) is 3.72. The van der Waals surface area contributed by atoms with Crippen molar-refractivity contribution < 1.29 is 4.79 Å². The summed E-state index contributed by atoms with van der Waals surface area (Å²) in [6.45, 7) is 6.09. The molecule has 3 rings (SSSR count). The first-order valence-corrected chi connectivity index (χ1v) is 8.08. The SMILES string of the molecule is CCC1CC(Nc2nc(C)c3c(n2)N(C)[C@@H](C)C(=O)N3C)C1. The van der Waals surface area contributed by atoms with Crippen LogP contribution in [0.5, 0.6) is 0 Å². The zero-order valence-electron chi connectivity index (χ0n) is 14.1. The average molecular weight is 303 g/mol. The van der Waals surface area contributed by atoms with E-state index in [-0.39, 0.29) is 11.9 Å². The highest BCUT2D eigenvalue weighted by atomic mass is 16.2. The van der Waals surface area contributed by atoms with E-state index >= 15 is 0 Å². The number of carbonyl (C=O) groups is 1. The summed E-state index contributed by atoms with van der Waals surface area (Å²) in [6, 6.07) is 0.279. The van der Waals surface area contributed by atoms with Gasteiger partial charge in [-0.1, -0.05) is 13.3 Å². The number of rotatable bonds is 3. The van der Waals surface area contributed by atoms with E-state index in [4.69, 9.17) is 0 Å². The second-order valence-corrected chi connectivity index (χ2v) is 6.58. The van der Waals surface area contributed by atoms with E-state index in [1.54, 1.807) is 11.9 Å². The Labute approximate surface area is 131 Å². The maximum Gasteiger partial charge on any atom is 0.249 e. The molecule has 2 aliphatic rings. The standard InChI is InChI=1S/C16H25N5O/c1-6-11-7-12(8-11)18-16-17-9(2)13-14(19-16)20(4)10(3)15(22)21(13)5/h10-12H,6-8H2,1-5H3,(H,17,18,19)/t10-,11?,12?/m0/s1. The smallest absolute Gasteiger partial charge is 0.249 e. The first kappa shape index (κ1) is 15.1. The Hall–Kier alpha value is -1.85. The summed E-state index contributed by atoms with van der Waals surface area (Å²) >= 11 is 0. The van der Waals surface area contributed by atoms with Crippen molar-refractivity contribution in [2.24, 2.45) is 5.92 Å². The molecule has 0 aromatic carbocycles. The number of aromatic nitrogens is 2. The number of fused-ring (bicyclic) bond motifs is 1. The Morgan fingerprint density at radius 2 is 1.95 bits per heavy atom. The predicted molar refractivity (Wildman–Crippen MR) is 88.5 cm³/mol. The number of hydrogen-bond donors (Lipinski definition) is 1. The molecule has 1 N–H and O–H groups in total. The van der Waals surface area contributed by atoms with Gasteiger partial charge in [-0.15, -0.1) is 0 Å². The second-order valence-electron chi connectivity index (χ2n) is 6.58. The quantitative estimate of drug-likeness (QED) is 0.927. The van der Waals surface area contributed by atoms with Crippen molar-refractivity contribution in [2.75, 3.05) is 29.2 Å². The molecule has 0 bridgehead atoms. The van der Waals surface area contributed by atoms with Crippen molar-refractivity contribution in [3.05, 3.63) is 5.69 Å². The van der Waals surface area contributed by atoms with Crippen molar-refractivity contribution >= 4 is 23.4 Å². The number of aryl methyl sites for hydroxylation is 1. The summed E-state index contributed by atoms with van der Waals surface area (Å²) in [6.07, 6.45) is 3.64. The third-order valence-corrected chi connectivity index (χ3v) is 5.12. The minimum Gasteiger partial charge on any atom is -0.351 e. The van der Waals surface area contributed by atoms with Crippen LogP contribution in [0.2, 0.25) is 0 Å². The van der Waals surface area contributed by atoms with Gasteiger partial charge in [0.15, 0.2) is 5.82 Å². The van der Waals surface area contributed by atoms with Gasteiger partial charge < -0.3 is 15.1 Å². The minimum absolute atomic E-state index is 0.0761. The molecule has 1 aliphatic heterocycles. The molecule has 1 saturated carbocycles. The average Bonchev–Trinajstić information content (AvgIpc) is 2.45. The molecule has 1 aromatic heterocycles. The first-order chi connectivity index (χ1) is 10.4. The molecule has 120 valence electrons. The Bertz CT molecular complexity index is 596. The molecule has 1 fully saturated rings. The van der Waals surface area contributed by atoms with Crippen LogP contribution in [0, 0.1) is 12.8 Å². The molecule has 6 heteroatoms. The monoisotopic (exact) mass is 303 g/mol. The van der Waals surface area contributed by atoms with Crippen molar-refractivity contribution in [2.45, 2.75) is 52.1 Å². The van der Waals surface area contributed by atoms with Gasteiger partial charge in [-0.2, -0.15) is 4.98 Å². The highest BCUT2D eigenvalue weighted by molar-refractivity contribution is 6.04. The largest absolute Gasteiger partial charge is 0.351 e. The highest BCUT2D eigenvalue weighted by Gasteiger charge is 2.35. The fraction of sp³-hybridized carbons (Fsp3) is 0.688. The van der Waals surface area contributed by atoms with Gasteiger partial charge in [0.05, 0.1) is 5.69 Å². The molecular formula is C16H25N5O. The maximum atomic E-state index is 12.3. The number of anilines is 3. The van der Waals surface area contributed by atoms with Crippen LogP contribution in [0.25, 0.3) is 0 Å². The molecule has 1 aliphatic carbocycles. The van der Waals surface area contributed by atoms with E-state index in [0.29, 0.717) is 12.0 Å². The summed E-state index contributed by atoms with van der Waals surface area (Å²) in [5.74, 6) is 2.42. The fourth-order valence-corrected chi connectivity index (χ4v) is 3.36. The normalized spacial score (nSPS) is 27.5. The molecule has 0 saturated heterocycles. The van der Waals surface area contributed by atoms with E-state index < -0.39 is 0 Å². The lowest BCUT2D eigenvalue weighted by Crippen LogP contribution is -2.50. The number of amides is 1. The Balaban J connectivity index is 1.87. The fourth-order valence-electron chi connectivity index (χ4n) is 3.36. The second kappa shape index (κ2) is 5.41. The van der Waals surface area contributed by atoms with Crippen LogP contribution < -0.4 is 15.1 Å². The van der Waals surface area contributed by atoms with E-state index in [2.05, 4.69) is 22.2 Å². The molecular weight excluding hydrogens is 278 g/mol. The highest BCUT2D eigenvalue weighted by Crippen LogP contribution is 2.37. The summed E-state index contributed by atoms with van der Waals surface area (Å²) in [4.78, 5) is 25.1. The minimum atomic E-state index is -0.201. The Morgan fingerprint density at radius 1 is 1.27 bits per heavy atom. The van der Waals surface area contributed by atoms with E-state index in [1.165, 1.54) is 19.3 Å². The van der Waals surface area contributed by atoms with E-state index in [1.807, 2.05) is 25.8 Å². The Morgan fingerprint density at radius 3 is 2.59 bits per heavy atom. The lowest BCUT2D eigenvalue weighted by molar-refractivity contribution is -0.119. The molecule has 0 spiro atoms. The van der Waals surface area contributed by atoms with Crippen LogP contribution in [0.4, 0.5) is 17.5 Å². The van der Waals surface area contributed by atoms with Crippen LogP contribution in [-0.2, 0) is 4.79 Å². The van der Waals surface area contributed by atoms with Crippen LogP contribution >= 0.6 is 0 Å². The molecule has 6 nitrogen and oxygen atoms in total. The van der Waals surface area contributed by atoms with Gasteiger partial charge in [-0.05, 0) is 32.6 Å². The van der Waals surface area contributed by atoms with Gasteiger partial charge in [-0.25, -0.2) is 4.98 Å². The summed E-state index contributed by atoms with van der Waals surface area (Å²) < 4.78 is 0. The number of nitrogens with one attached hydrogen (secondary N) is 1. The molecule has 22 heavy (non-hydrogen) atoms. The van der Waals surface area contributed by atoms with Crippen molar-refractivity contribution in [1.82, 2.24) is 9.97 Å². The zero-order valence-corrected chi connectivity index (χ0v) is 14.1.